The minimum absolute atomic E-state index is 0.0571. The number of carboxylic acids is 1. The molecule has 2 aromatic rings. The first kappa shape index (κ1) is 15.5. The van der Waals surface area contributed by atoms with Crippen LogP contribution in [0.25, 0.3) is 11.3 Å². The highest BCUT2D eigenvalue weighted by molar-refractivity contribution is 7.09. The van der Waals surface area contributed by atoms with Crippen LogP contribution in [0.2, 0.25) is 0 Å². The quantitative estimate of drug-likeness (QED) is 0.888. The maximum absolute atomic E-state index is 11.7. The molecule has 0 radical (unpaired) electrons. The third-order valence-electron chi connectivity index (χ3n) is 3.19. The van der Waals surface area contributed by atoms with Crippen molar-refractivity contribution >= 4 is 17.3 Å². The standard InChI is InChI=1S/C15H18N2O3S/c1-9-4-5-11(10(2)6-9)14-12(21-15(20)16-14)7-17(3)8-13(18)19/h4-6H,7-8H2,1-3H3,(H,16,20)(H,18,19). The number of aryl methyl sites for hydroxylation is 2. The van der Waals surface area contributed by atoms with Gasteiger partial charge in [0.1, 0.15) is 0 Å². The number of rotatable bonds is 5. The van der Waals surface area contributed by atoms with Crippen molar-refractivity contribution in [3.8, 4) is 11.3 Å². The normalized spacial score (nSPS) is 11.0. The van der Waals surface area contributed by atoms with E-state index in [1.54, 1.807) is 11.9 Å². The van der Waals surface area contributed by atoms with E-state index in [1.807, 2.05) is 26.0 Å². The Morgan fingerprint density at radius 3 is 2.71 bits per heavy atom. The second-order valence-corrected chi connectivity index (χ2v) is 6.26. The highest BCUT2D eigenvalue weighted by Gasteiger charge is 2.15. The Balaban J connectivity index is 2.36. The first-order chi connectivity index (χ1) is 9.86. The third-order valence-corrected chi connectivity index (χ3v) is 4.06. The van der Waals surface area contributed by atoms with Crippen molar-refractivity contribution in [1.82, 2.24) is 9.88 Å². The molecule has 0 spiro atoms. The predicted molar refractivity (Wildman–Crippen MR) is 83.8 cm³/mol. The molecule has 0 saturated carbocycles. The van der Waals surface area contributed by atoms with Gasteiger partial charge in [-0.1, -0.05) is 35.1 Å². The molecule has 21 heavy (non-hydrogen) atoms. The molecule has 0 aliphatic heterocycles. The van der Waals surface area contributed by atoms with Crippen LogP contribution >= 0.6 is 11.3 Å². The van der Waals surface area contributed by atoms with Crippen LogP contribution < -0.4 is 4.87 Å². The van der Waals surface area contributed by atoms with Gasteiger partial charge in [0.25, 0.3) is 0 Å². The summed E-state index contributed by atoms with van der Waals surface area (Å²) in [6.07, 6.45) is 0. The Labute approximate surface area is 126 Å². The Bertz CT molecular complexity index is 718. The molecule has 2 rings (SSSR count). The van der Waals surface area contributed by atoms with E-state index < -0.39 is 5.97 Å². The maximum Gasteiger partial charge on any atom is 0.317 e. The van der Waals surface area contributed by atoms with Crippen molar-refractivity contribution in [2.45, 2.75) is 20.4 Å². The number of aliphatic carboxylic acids is 1. The summed E-state index contributed by atoms with van der Waals surface area (Å²) in [5.41, 5.74) is 4.03. The monoisotopic (exact) mass is 306 g/mol. The van der Waals surface area contributed by atoms with Gasteiger partial charge in [-0.2, -0.15) is 0 Å². The molecule has 0 fully saturated rings. The third kappa shape index (κ3) is 3.80. The average Bonchev–Trinajstić information content (AvgIpc) is 2.68. The molecule has 0 aliphatic carbocycles. The highest BCUT2D eigenvalue weighted by Crippen LogP contribution is 2.27. The lowest BCUT2D eigenvalue weighted by atomic mass is 10.0. The van der Waals surface area contributed by atoms with Crippen molar-refractivity contribution in [2.75, 3.05) is 13.6 Å². The molecule has 2 N–H and O–H groups in total. The number of H-pyrrole nitrogens is 1. The number of carbonyl (C=O) groups is 1. The van der Waals surface area contributed by atoms with Crippen LogP contribution in [-0.2, 0) is 11.3 Å². The van der Waals surface area contributed by atoms with Crippen LogP contribution in [0, 0.1) is 13.8 Å². The van der Waals surface area contributed by atoms with Crippen LogP contribution in [0.5, 0.6) is 0 Å². The van der Waals surface area contributed by atoms with Crippen LogP contribution in [0.15, 0.2) is 23.0 Å². The molecule has 0 unspecified atom stereocenters. The van der Waals surface area contributed by atoms with E-state index in [0.29, 0.717) is 6.54 Å². The number of aromatic amines is 1. The minimum atomic E-state index is -0.881. The number of likely N-dealkylation sites (N-methyl/N-ethyl adjacent to an activating group) is 1. The van der Waals surface area contributed by atoms with Gasteiger partial charge in [-0.05, 0) is 26.5 Å². The van der Waals surface area contributed by atoms with Gasteiger partial charge in [0.05, 0.1) is 12.2 Å². The molecule has 0 atom stereocenters. The molecule has 1 heterocycles. The lowest BCUT2D eigenvalue weighted by molar-refractivity contribution is -0.138. The lowest BCUT2D eigenvalue weighted by Crippen LogP contribution is -2.24. The van der Waals surface area contributed by atoms with Gasteiger partial charge in [0.2, 0.25) is 0 Å². The molecule has 0 aliphatic rings. The molecule has 112 valence electrons. The molecule has 0 amide bonds. The van der Waals surface area contributed by atoms with E-state index in [9.17, 15) is 9.59 Å². The Morgan fingerprint density at radius 1 is 1.38 bits per heavy atom. The van der Waals surface area contributed by atoms with Gasteiger partial charge in [0, 0.05) is 17.0 Å². The Morgan fingerprint density at radius 2 is 2.10 bits per heavy atom. The van der Waals surface area contributed by atoms with Crippen LogP contribution in [-0.4, -0.2) is 34.6 Å². The molecule has 5 nitrogen and oxygen atoms in total. The number of carboxylic acid groups (broad SMARTS) is 1. The second-order valence-electron chi connectivity index (χ2n) is 5.20. The summed E-state index contributed by atoms with van der Waals surface area (Å²) >= 11 is 1.13. The summed E-state index contributed by atoms with van der Waals surface area (Å²) < 4.78 is 0. The Kier molecular flexibility index (Phi) is 4.59. The van der Waals surface area contributed by atoms with Crippen molar-refractivity contribution in [3.63, 3.8) is 0 Å². The summed E-state index contributed by atoms with van der Waals surface area (Å²) in [6, 6.07) is 6.06. The first-order valence-corrected chi connectivity index (χ1v) is 7.38. The summed E-state index contributed by atoms with van der Waals surface area (Å²) in [5.74, 6) is -0.881. The van der Waals surface area contributed by atoms with Crippen LogP contribution in [0.4, 0.5) is 0 Å². The number of benzene rings is 1. The van der Waals surface area contributed by atoms with Gasteiger partial charge >= 0.3 is 10.8 Å². The van der Waals surface area contributed by atoms with E-state index in [1.165, 1.54) is 5.56 Å². The summed E-state index contributed by atoms with van der Waals surface area (Å²) in [7, 11) is 1.73. The van der Waals surface area contributed by atoms with E-state index in [4.69, 9.17) is 5.11 Å². The van der Waals surface area contributed by atoms with E-state index in [2.05, 4.69) is 11.1 Å². The molecule has 6 heteroatoms. The second kappa shape index (κ2) is 6.24. The lowest BCUT2D eigenvalue weighted by Gasteiger charge is -2.14. The zero-order chi connectivity index (χ0) is 15.6. The van der Waals surface area contributed by atoms with Crippen molar-refractivity contribution < 1.29 is 9.90 Å². The number of hydrogen-bond donors (Lipinski definition) is 2. The minimum Gasteiger partial charge on any atom is -0.480 e. The average molecular weight is 306 g/mol. The summed E-state index contributed by atoms with van der Waals surface area (Å²) in [5, 5.41) is 8.82. The van der Waals surface area contributed by atoms with E-state index >= 15 is 0 Å². The fourth-order valence-corrected chi connectivity index (χ4v) is 3.24. The smallest absolute Gasteiger partial charge is 0.317 e. The van der Waals surface area contributed by atoms with Gasteiger partial charge in [-0.15, -0.1) is 0 Å². The van der Waals surface area contributed by atoms with Gasteiger partial charge in [0.15, 0.2) is 0 Å². The molecular formula is C15H18N2O3S. The predicted octanol–water partition coefficient (Wildman–Crippen LogP) is 2.24. The van der Waals surface area contributed by atoms with Crippen LogP contribution in [0.3, 0.4) is 0 Å². The van der Waals surface area contributed by atoms with Crippen molar-refractivity contribution in [2.24, 2.45) is 0 Å². The number of aromatic nitrogens is 1. The van der Waals surface area contributed by atoms with E-state index in [-0.39, 0.29) is 11.4 Å². The number of nitrogens with one attached hydrogen (secondary N) is 1. The molecule has 1 aromatic heterocycles. The fraction of sp³-hybridized carbons (Fsp3) is 0.333. The molecule has 1 aromatic carbocycles. The number of nitrogens with zero attached hydrogens (tertiary/aromatic N) is 1. The number of hydrogen-bond acceptors (Lipinski definition) is 4. The SMILES string of the molecule is Cc1ccc(-c2[nH]c(=O)sc2CN(C)CC(=O)O)c(C)c1. The molecule has 0 saturated heterocycles. The van der Waals surface area contributed by atoms with Crippen molar-refractivity contribution in [1.29, 1.82) is 0 Å². The topological polar surface area (TPSA) is 73.4 Å². The largest absolute Gasteiger partial charge is 0.480 e. The molecular weight excluding hydrogens is 288 g/mol. The zero-order valence-corrected chi connectivity index (χ0v) is 13.1. The Hall–Kier alpha value is -1.92. The van der Waals surface area contributed by atoms with Crippen LogP contribution in [0.1, 0.15) is 16.0 Å². The summed E-state index contributed by atoms with van der Waals surface area (Å²) in [6.45, 7) is 4.40. The first-order valence-electron chi connectivity index (χ1n) is 6.56. The zero-order valence-electron chi connectivity index (χ0n) is 12.3. The summed E-state index contributed by atoms with van der Waals surface area (Å²) in [4.78, 5) is 27.7. The van der Waals surface area contributed by atoms with Crippen molar-refractivity contribution in [3.05, 3.63) is 43.9 Å². The number of thiazole rings is 1. The fourth-order valence-electron chi connectivity index (χ4n) is 2.32. The van der Waals surface area contributed by atoms with Gasteiger partial charge in [-0.25, -0.2) is 0 Å². The maximum atomic E-state index is 11.7. The highest BCUT2D eigenvalue weighted by atomic mass is 32.1. The van der Waals surface area contributed by atoms with E-state index in [0.717, 1.165) is 33.0 Å². The van der Waals surface area contributed by atoms with Gasteiger partial charge < -0.3 is 10.1 Å². The van der Waals surface area contributed by atoms with Gasteiger partial charge in [-0.3, -0.25) is 14.5 Å². The molecule has 0 bridgehead atoms.